The highest BCUT2D eigenvalue weighted by Gasteiger charge is 2.11. The molecule has 3 aromatic carbocycles. The Hall–Kier alpha value is -4.33. The van der Waals surface area contributed by atoms with E-state index < -0.39 is 12.1 Å². The number of rotatable bonds is 7. The number of aromatic hydroxyl groups is 1. The number of anilines is 1. The average Bonchev–Trinajstić information content (AvgIpc) is 2.79. The average molecular weight is 434 g/mol. The summed E-state index contributed by atoms with van der Waals surface area (Å²) in [4.78, 5) is 35.9. The Kier molecular flexibility index (Phi) is 7.42. The summed E-state index contributed by atoms with van der Waals surface area (Å²) in [7, 11) is 0. The number of carbonyl (C=O) groups is 3. The summed E-state index contributed by atoms with van der Waals surface area (Å²) in [5, 5.41) is 15.3. The monoisotopic (exact) mass is 434 g/mol. The number of phenols is 1. The van der Waals surface area contributed by atoms with Gasteiger partial charge in [0.05, 0.1) is 12.2 Å². The van der Waals surface area contributed by atoms with E-state index in [1.54, 1.807) is 55.5 Å². The first-order valence-electron chi connectivity index (χ1n) is 9.87. The minimum Gasteiger partial charge on any atom is -0.507 e. The Bertz CT molecular complexity index is 1090. The van der Waals surface area contributed by atoms with Crippen LogP contribution in [-0.4, -0.2) is 29.7 Å². The fourth-order valence-corrected chi connectivity index (χ4v) is 2.77. The summed E-state index contributed by atoms with van der Waals surface area (Å²) in [6, 6.07) is 19.4. The van der Waals surface area contributed by atoms with Crippen LogP contribution >= 0.6 is 0 Å². The minimum atomic E-state index is -0.801. The van der Waals surface area contributed by atoms with Gasteiger partial charge in [-0.25, -0.2) is 4.79 Å². The molecule has 2 amide bonds. The second kappa shape index (κ2) is 10.6. The van der Waals surface area contributed by atoms with Crippen molar-refractivity contribution in [3.8, 4) is 11.5 Å². The fraction of sp³-hybridized carbons (Fsp3) is 0.125. The van der Waals surface area contributed by atoms with Crippen molar-refractivity contribution in [2.24, 2.45) is 0 Å². The first-order valence-corrected chi connectivity index (χ1v) is 9.87. The molecular formula is C24H22N2O6. The van der Waals surface area contributed by atoms with Crippen molar-refractivity contribution in [3.63, 3.8) is 0 Å². The quantitative estimate of drug-likeness (QED) is 0.381. The summed E-state index contributed by atoms with van der Waals surface area (Å²) in [6.07, 6.45) is -0.801. The molecule has 0 saturated heterocycles. The van der Waals surface area contributed by atoms with Crippen LogP contribution < -0.4 is 15.4 Å². The minimum absolute atomic E-state index is 0.0928. The van der Waals surface area contributed by atoms with Crippen LogP contribution in [0, 0.1) is 0 Å². The van der Waals surface area contributed by atoms with Crippen LogP contribution in [0.2, 0.25) is 0 Å². The second-order valence-electron chi connectivity index (χ2n) is 6.66. The fourth-order valence-electron chi connectivity index (χ4n) is 2.77. The number of nitrogens with one attached hydrogen (secondary N) is 2. The van der Waals surface area contributed by atoms with Crippen molar-refractivity contribution in [2.45, 2.75) is 13.5 Å². The summed E-state index contributed by atoms with van der Waals surface area (Å²) in [6.45, 7) is 2.17. The molecule has 3 N–H and O–H groups in total. The Morgan fingerprint density at radius 3 is 2.22 bits per heavy atom. The third-order valence-electron chi connectivity index (χ3n) is 4.39. The third kappa shape index (κ3) is 6.09. The van der Waals surface area contributed by atoms with E-state index in [0.717, 1.165) is 5.56 Å². The summed E-state index contributed by atoms with van der Waals surface area (Å²) >= 11 is 0. The number of benzene rings is 3. The lowest BCUT2D eigenvalue weighted by molar-refractivity contribution is 0.0950. The van der Waals surface area contributed by atoms with E-state index >= 15 is 0 Å². The van der Waals surface area contributed by atoms with Crippen molar-refractivity contribution in [1.82, 2.24) is 5.32 Å². The van der Waals surface area contributed by atoms with Crippen LogP contribution in [0.3, 0.4) is 0 Å². The first-order chi connectivity index (χ1) is 15.5. The van der Waals surface area contributed by atoms with E-state index in [1.165, 1.54) is 24.3 Å². The molecule has 0 bridgehead atoms. The van der Waals surface area contributed by atoms with Crippen molar-refractivity contribution in [2.75, 3.05) is 11.9 Å². The highest BCUT2D eigenvalue weighted by Crippen LogP contribution is 2.18. The van der Waals surface area contributed by atoms with Crippen LogP contribution in [0.1, 0.15) is 33.2 Å². The molecule has 3 aromatic rings. The molecule has 0 atom stereocenters. The number of ether oxygens (including phenoxy) is 2. The van der Waals surface area contributed by atoms with Gasteiger partial charge >= 0.3 is 6.16 Å². The zero-order valence-corrected chi connectivity index (χ0v) is 17.3. The Labute approximate surface area is 184 Å². The molecule has 0 heterocycles. The highest BCUT2D eigenvalue weighted by atomic mass is 16.7. The predicted octanol–water partition coefficient (Wildman–Crippen LogP) is 4.11. The Morgan fingerprint density at radius 2 is 1.56 bits per heavy atom. The van der Waals surface area contributed by atoms with Gasteiger partial charge in [-0.3, -0.25) is 9.59 Å². The van der Waals surface area contributed by atoms with Crippen molar-refractivity contribution < 1.29 is 29.0 Å². The van der Waals surface area contributed by atoms with Crippen molar-refractivity contribution >= 4 is 23.7 Å². The van der Waals surface area contributed by atoms with Gasteiger partial charge in [-0.1, -0.05) is 24.3 Å². The normalized spacial score (nSPS) is 10.2. The predicted molar refractivity (Wildman–Crippen MR) is 118 cm³/mol. The molecule has 0 fully saturated rings. The van der Waals surface area contributed by atoms with E-state index in [2.05, 4.69) is 10.6 Å². The summed E-state index contributed by atoms with van der Waals surface area (Å²) in [5.41, 5.74) is 1.99. The van der Waals surface area contributed by atoms with Gasteiger partial charge in [-0.15, -0.1) is 0 Å². The Balaban J connectivity index is 1.51. The SMILES string of the molecule is CCOC(=O)Oc1ccc(C(=O)NCc2ccc(NC(=O)c3ccccc3O)cc2)cc1. The molecule has 0 saturated carbocycles. The summed E-state index contributed by atoms with van der Waals surface area (Å²) in [5.74, 6) is -0.518. The number of carbonyl (C=O) groups excluding carboxylic acids is 3. The van der Waals surface area contributed by atoms with Gasteiger partial charge in [0.15, 0.2) is 0 Å². The van der Waals surface area contributed by atoms with E-state index in [0.29, 0.717) is 11.3 Å². The van der Waals surface area contributed by atoms with E-state index in [1.807, 2.05) is 0 Å². The van der Waals surface area contributed by atoms with Gasteiger partial charge < -0.3 is 25.2 Å². The molecule has 0 aromatic heterocycles. The van der Waals surface area contributed by atoms with Crippen LogP contribution in [0.4, 0.5) is 10.5 Å². The third-order valence-corrected chi connectivity index (χ3v) is 4.39. The lowest BCUT2D eigenvalue weighted by atomic mass is 10.1. The van der Waals surface area contributed by atoms with Crippen molar-refractivity contribution in [3.05, 3.63) is 89.5 Å². The van der Waals surface area contributed by atoms with Gasteiger partial charge in [-0.05, 0) is 61.0 Å². The maximum atomic E-state index is 12.3. The molecular weight excluding hydrogens is 412 g/mol. The van der Waals surface area contributed by atoms with Crippen LogP contribution in [0.25, 0.3) is 0 Å². The molecule has 164 valence electrons. The molecule has 0 aliphatic rings. The van der Waals surface area contributed by atoms with Gasteiger partial charge in [0, 0.05) is 17.8 Å². The number of hydrogen-bond donors (Lipinski definition) is 3. The molecule has 3 rings (SSSR count). The number of para-hydroxylation sites is 1. The van der Waals surface area contributed by atoms with E-state index in [4.69, 9.17) is 9.47 Å². The maximum absolute atomic E-state index is 12.3. The molecule has 0 aliphatic carbocycles. The molecule has 8 heteroatoms. The van der Waals surface area contributed by atoms with Gasteiger partial charge in [-0.2, -0.15) is 0 Å². The first kappa shape index (κ1) is 22.4. The van der Waals surface area contributed by atoms with Crippen LogP contribution in [0.5, 0.6) is 11.5 Å². The van der Waals surface area contributed by atoms with Crippen LogP contribution in [-0.2, 0) is 11.3 Å². The topological polar surface area (TPSA) is 114 Å². The molecule has 8 nitrogen and oxygen atoms in total. The number of hydrogen-bond acceptors (Lipinski definition) is 6. The zero-order valence-electron chi connectivity index (χ0n) is 17.3. The van der Waals surface area contributed by atoms with E-state index in [-0.39, 0.29) is 36.1 Å². The second-order valence-corrected chi connectivity index (χ2v) is 6.66. The zero-order chi connectivity index (χ0) is 22.9. The van der Waals surface area contributed by atoms with Gasteiger partial charge in [0.25, 0.3) is 11.8 Å². The number of amides is 2. The highest BCUT2D eigenvalue weighted by molar-refractivity contribution is 6.06. The standard InChI is InChI=1S/C24H22N2O6/c1-2-31-24(30)32-19-13-9-17(10-14-19)22(28)25-15-16-7-11-18(12-8-16)26-23(29)20-5-3-4-6-21(20)27/h3-14,27H,2,15H2,1H3,(H,25,28)(H,26,29). The lowest BCUT2D eigenvalue weighted by Crippen LogP contribution is -2.22. The molecule has 0 unspecified atom stereocenters. The van der Waals surface area contributed by atoms with Gasteiger partial charge in [0.2, 0.25) is 0 Å². The largest absolute Gasteiger partial charge is 0.513 e. The number of phenolic OH excluding ortho intramolecular Hbond substituents is 1. The molecule has 32 heavy (non-hydrogen) atoms. The molecule has 0 aliphatic heterocycles. The van der Waals surface area contributed by atoms with E-state index in [9.17, 15) is 19.5 Å². The van der Waals surface area contributed by atoms with Gasteiger partial charge in [0.1, 0.15) is 11.5 Å². The van der Waals surface area contributed by atoms with Crippen molar-refractivity contribution in [1.29, 1.82) is 0 Å². The lowest BCUT2D eigenvalue weighted by Gasteiger charge is -2.09. The smallest absolute Gasteiger partial charge is 0.507 e. The Morgan fingerprint density at radius 1 is 0.875 bits per heavy atom. The summed E-state index contributed by atoms with van der Waals surface area (Å²) < 4.78 is 9.65. The van der Waals surface area contributed by atoms with Crippen LogP contribution in [0.15, 0.2) is 72.8 Å². The maximum Gasteiger partial charge on any atom is 0.513 e. The molecule has 0 radical (unpaired) electrons. The molecule has 0 spiro atoms.